The molecule has 1 atom stereocenters. The zero-order valence-corrected chi connectivity index (χ0v) is 12.7. The number of likely N-dealkylation sites (tertiary alicyclic amines) is 1. The number of aliphatic hydroxyl groups excluding tert-OH is 1. The molecule has 0 aromatic heterocycles. The molecule has 1 heterocycles. The smallest absolute Gasteiger partial charge is 0.322 e. The van der Waals surface area contributed by atoms with Crippen LogP contribution in [0.5, 0.6) is 11.5 Å². The van der Waals surface area contributed by atoms with Crippen LogP contribution in [0, 0.1) is 11.6 Å². The van der Waals surface area contributed by atoms with Crippen LogP contribution < -0.4 is 10.1 Å². The highest BCUT2D eigenvalue weighted by Gasteiger charge is 2.25. The van der Waals surface area contributed by atoms with Gasteiger partial charge >= 0.3 is 6.03 Å². The lowest BCUT2D eigenvalue weighted by Gasteiger charge is -2.18. The normalized spacial score (nSPS) is 17.0. The van der Waals surface area contributed by atoms with Crippen LogP contribution in [-0.2, 0) is 0 Å². The second-order valence-corrected chi connectivity index (χ2v) is 5.52. The van der Waals surface area contributed by atoms with Crippen LogP contribution >= 0.6 is 0 Å². The Morgan fingerprint density at radius 3 is 2.58 bits per heavy atom. The van der Waals surface area contributed by atoms with Crippen molar-refractivity contribution in [3.63, 3.8) is 0 Å². The fourth-order valence-electron chi connectivity index (χ4n) is 2.49. The Morgan fingerprint density at radius 1 is 1.21 bits per heavy atom. The van der Waals surface area contributed by atoms with Crippen molar-refractivity contribution in [1.29, 1.82) is 0 Å². The van der Waals surface area contributed by atoms with E-state index < -0.39 is 17.7 Å². The number of carbonyl (C=O) groups excluding carboxylic acids is 1. The van der Waals surface area contributed by atoms with Gasteiger partial charge in [-0.1, -0.05) is 12.1 Å². The molecule has 0 bridgehead atoms. The topological polar surface area (TPSA) is 61.8 Å². The van der Waals surface area contributed by atoms with Crippen LogP contribution in [0.15, 0.2) is 42.5 Å². The summed E-state index contributed by atoms with van der Waals surface area (Å²) in [6, 6.07) is 9.07. The summed E-state index contributed by atoms with van der Waals surface area (Å²) in [4.78, 5) is 13.7. The van der Waals surface area contributed by atoms with Gasteiger partial charge in [0.2, 0.25) is 0 Å². The molecule has 1 fully saturated rings. The van der Waals surface area contributed by atoms with E-state index >= 15 is 0 Å². The van der Waals surface area contributed by atoms with Crippen molar-refractivity contribution in [2.45, 2.75) is 12.5 Å². The molecule has 2 aromatic rings. The lowest BCUT2D eigenvalue weighted by atomic mass is 10.3. The Bertz CT molecular complexity index is 734. The maximum Gasteiger partial charge on any atom is 0.322 e. The molecule has 7 heteroatoms. The number of urea groups is 1. The molecular weight excluding hydrogens is 318 g/mol. The van der Waals surface area contributed by atoms with E-state index in [2.05, 4.69) is 5.32 Å². The number of amides is 2. The van der Waals surface area contributed by atoms with Gasteiger partial charge in [0, 0.05) is 31.3 Å². The van der Waals surface area contributed by atoms with Gasteiger partial charge < -0.3 is 20.1 Å². The third kappa shape index (κ3) is 3.80. The Balaban J connectivity index is 1.76. The van der Waals surface area contributed by atoms with Gasteiger partial charge in [0.1, 0.15) is 17.4 Å². The zero-order chi connectivity index (χ0) is 17.1. The molecule has 2 aromatic carbocycles. The van der Waals surface area contributed by atoms with Crippen LogP contribution in [0.1, 0.15) is 6.42 Å². The fraction of sp³-hybridized carbons (Fsp3) is 0.235. The third-order valence-corrected chi connectivity index (χ3v) is 3.64. The summed E-state index contributed by atoms with van der Waals surface area (Å²) in [6.07, 6.45) is 0.0197. The number of para-hydroxylation sites is 2. The van der Waals surface area contributed by atoms with Gasteiger partial charge in [-0.3, -0.25) is 0 Å². The number of rotatable bonds is 3. The van der Waals surface area contributed by atoms with Gasteiger partial charge in [0.05, 0.1) is 11.8 Å². The summed E-state index contributed by atoms with van der Waals surface area (Å²) in [5.74, 6) is -1.25. The quantitative estimate of drug-likeness (QED) is 0.905. The SMILES string of the molecule is O=C(Nc1ccccc1Oc1cc(F)cc(F)c1)N1CC[C@H](O)C1. The molecule has 0 aliphatic carbocycles. The van der Waals surface area contributed by atoms with Gasteiger partial charge in [0.25, 0.3) is 0 Å². The standard InChI is InChI=1S/C17H16F2N2O3/c18-11-7-12(19)9-14(8-11)24-16-4-2-1-3-15(16)20-17(23)21-6-5-13(22)10-21/h1-4,7-9,13,22H,5-6,10H2,(H,20,23)/t13-/m0/s1. The summed E-state index contributed by atoms with van der Waals surface area (Å²) in [7, 11) is 0. The minimum Gasteiger partial charge on any atom is -0.455 e. The first-order valence-electron chi connectivity index (χ1n) is 7.48. The van der Waals surface area contributed by atoms with E-state index in [-0.39, 0.29) is 24.1 Å². The average Bonchev–Trinajstić information content (AvgIpc) is 2.95. The number of β-amino-alcohol motifs (C(OH)–C–C–N with tert-alkyl or cyclic N) is 1. The largest absolute Gasteiger partial charge is 0.455 e. The van der Waals surface area contributed by atoms with E-state index in [1.54, 1.807) is 24.3 Å². The van der Waals surface area contributed by atoms with Gasteiger partial charge in [-0.15, -0.1) is 0 Å². The third-order valence-electron chi connectivity index (χ3n) is 3.64. The number of halogens is 2. The molecule has 1 aliphatic heterocycles. The number of nitrogens with zero attached hydrogens (tertiary/aromatic N) is 1. The highest BCUT2D eigenvalue weighted by atomic mass is 19.1. The molecule has 0 unspecified atom stereocenters. The van der Waals surface area contributed by atoms with E-state index in [4.69, 9.17) is 4.74 Å². The number of hydrogen-bond acceptors (Lipinski definition) is 3. The molecule has 2 N–H and O–H groups in total. The van der Waals surface area contributed by atoms with Crippen molar-refractivity contribution < 1.29 is 23.4 Å². The van der Waals surface area contributed by atoms with Gasteiger partial charge in [-0.2, -0.15) is 0 Å². The summed E-state index contributed by atoms with van der Waals surface area (Å²) < 4.78 is 32.0. The van der Waals surface area contributed by atoms with Crippen molar-refractivity contribution in [3.05, 3.63) is 54.1 Å². The fourth-order valence-corrected chi connectivity index (χ4v) is 2.49. The highest BCUT2D eigenvalue weighted by molar-refractivity contribution is 5.91. The summed E-state index contributed by atoms with van der Waals surface area (Å²) in [6.45, 7) is 0.731. The van der Waals surface area contributed by atoms with E-state index in [1.165, 1.54) is 4.90 Å². The van der Waals surface area contributed by atoms with E-state index in [9.17, 15) is 18.7 Å². The number of nitrogens with one attached hydrogen (secondary N) is 1. The summed E-state index contributed by atoms with van der Waals surface area (Å²) >= 11 is 0. The monoisotopic (exact) mass is 334 g/mol. The molecule has 0 radical (unpaired) electrons. The van der Waals surface area contributed by atoms with Crippen LogP contribution in [0.4, 0.5) is 19.3 Å². The number of hydrogen-bond donors (Lipinski definition) is 2. The lowest BCUT2D eigenvalue weighted by molar-refractivity contribution is 0.176. The number of ether oxygens (including phenoxy) is 1. The van der Waals surface area contributed by atoms with Crippen LogP contribution in [0.25, 0.3) is 0 Å². The van der Waals surface area contributed by atoms with Crippen molar-refractivity contribution in [3.8, 4) is 11.5 Å². The minimum atomic E-state index is -0.752. The molecule has 0 spiro atoms. The Labute approximate surface area is 137 Å². The molecule has 1 saturated heterocycles. The molecule has 126 valence electrons. The minimum absolute atomic E-state index is 0.00852. The Morgan fingerprint density at radius 2 is 1.92 bits per heavy atom. The number of aliphatic hydroxyl groups is 1. The van der Waals surface area contributed by atoms with Crippen LogP contribution in [-0.4, -0.2) is 35.2 Å². The van der Waals surface area contributed by atoms with Crippen molar-refractivity contribution in [2.24, 2.45) is 0 Å². The first kappa shape index (κ1) is 16.2. The van der Waals surface area contributed by atoms with Crippen molar-refractivity contribution >= 4 is 11.7 Å². The molecule has 5 nitrogen and oxygen atoms in total. The molecule has 0 saturated carbocycles. The molecule has 3 rings (SSSR count). The lowest BCUT2D eigenvalue weighted by Crippen LogP contribution is -2.33. The number of benzene rings is 2. The van der Waals surface area contributed by atoms with E-state index in [0.29, 0.717) is 18.7 Å². The predicted molar refractivity (Wildman–Crippen MR) is 84.1 cm³/mol. The number of anilines is 1. The second kappa shape index (κ2) is 6.84. The Kier molecular flexibility index (Phi) is 4.61. The highest BCUT2D eigenvalue weighted by Crippen LogP contribution is 2.30. The molecule has 1 aliphatic rings. The summed E-state index contributed by atoms with van der Waals surface area (Å²) in [5.41, 5.74) is 0.369. The number of carbonyl (C=O) groups is 1. The second-order valence-electron chi connectivity index (χ2n) is 5.52. The van der Waals surface area contributed by atoms with Gasteiger partial charge in [0.15, 0.2) is 5.75 Å². The van der Waals surface area contributed by atoms with Crippen LogP contribution in [0.3, 0.4) is 0 Å². The first-order valence-corrected chi connectivity index (χ1v) is 7.48. The average molecular weight is 334 g/mol. The molecule has 24 heavy (non-hydrogen) atoms. The predicted octanol–water partition coefficient (Wildman–Crippen LogP) is 3.36. The maximum atomic E-state index is 13.3. The van der Waals surface area contributed by atoms with Gasteiger partial charge in [-0.05, 0) is 18.6 Å². The molecule has 2 amide bonds. The van der Waals surface area contributed by atoms with E-state index in [0.717, 1.165) is 18.2 Å². The Hall–Kier alpha value is -2.67. The maximum absolute atomic E-state index is 13.3. The summed E-state index contributed by atoms with van der Waals surface area (Å²) in [5, 5.41) is 12.2. The zero-order valence-electron chi connectivity index (χ0n) is 12.7. The van der Waals surface area contributed by atoms with Crippen LogP contribution in [0.2, 0.25) is 0 Å². The first-order chi connectivity index (χ1) is 11.5. The van der Waals surface area contributed by atoms with Gasteiger partial charge in [-0.25, -0.2) is 13.6 Å². The molecular formula is C17H16F2N2O3. The van der Waals surface area contributed by atoms with Crippen molar-refractivity contribution in [1.82, 2.24) is 4.90 Å². The van der Waals surface area contributed by atoms with E-state index in [1.807, 2.05) is 0 Å². The van der Waals surface area contributed by atoms with Crippen molar-refractivity contribution in [2.75, 3.05) is 18.4 Å².